The lowest BCUT2D eigenvalue weighted by Crippen LogP contribution is -2.37. The Morgan fingerprint density at radius 1 is 0.629 bits per heavy atom. The maximum absolute atomic E-state index is 11.9. The van der Waals surface area contributed by atoms with E-state index in [9.17, 15) is 9.46 Å². The second kappa shape index (κ2) is 21.1. The van der Waals surface area contributed by atoms with E-state index in [1.165, 1.54) is 103 Å². The summed E-state index contributed by atoms with van der Waals surface area (Å²) in [6, 6.07) is 0. The third-order valence-electron chi connectivity index (χ3n) is 6.98. The number of hydrogen-bond donors (Lipinski definition) is 1. The minimum Gasteiger partial charge on any atom is -0.329 e. The van der Waals surface area contributed by atoms with Crippen LogP contribution in [0.5, 0.6) is 0 Å². The van der Waals surface area contributed by atoms with E-state index in [-0.39, 0.29) is 6.61 Å². The molecule has 0 heterocycles. The number of likely N-dealkylation sites (N-methyl/N-ethyl adjacent to an activating group) is 1. The van der Waals surface area contributed by atoms with Gasteiger partial charge in [-0.1, -0.05) is 124 Å². The molecule has 0 saturated heterocycles. The zero-order valence-electron chi connectivity index (χ0n) is 24.6. The highest BCUT2D eigenvalue weighted by Crippen LogP contribution is 2.43. The maximum atomic E-state index is 11.9. The van der Waals surface area contributed by atoms with Gasteiger partial charge in [0.25, 0.3) is 0 Å². The lowest BCUT2D eigenvalue weighted by atomic mass is 9.82. The molecule has 0 fully saturated rings. The molecule has 0 aliphatic carbocycles. The third kappa shape index (κ3) is 26.9. The van der Waals surface area contributed by atoms with E-state index in [0.717, 1.165) is 19.3 Å². The van der Waals surface area contributed by atoms with Crippen LogP contribution in [0.15, 0.2) is 0 Å². The van der Waals surface area contributed by atoms with Gasteiger partial charge >= 0.3 is 7.82 Å². The lowest BCUT2D eigenvalue weighted by molar-refractivity contribution is -0.870. The van der Waals surface area contributed by atoms with Crippen LogP contribution in [-0.4, -0.2) is 50.3 Å². The molecule has 0 bridgehead atoms. The van der Waals surface area contributed by atoms with Crippen LogP contribution in [-0.2, 0) is 13.6 Å². The highest BCUT2D eigenvalue weighted by molar-refractivity contribution is 7.47. The normalized spacial score (nSPS) is 14.4. The molecule has 0 aromatic heterocycles. The summed E-state index contributed by atoms with van der Waals surface area (Å²) in [5.74, 6) is 0. The van der Waals surface area contributed by atoms with Gasteiger partial charge in [-0.25, -0.2) is 4.57 Å². The number of rotatable bonds is 26. The molecular formula is C29H63NO4P+. The van der Waals surface area contributed by atoms with Gasteiger partial charge in [0.15, 0.2) is 0 Å². The molecule has 0 saturated carbocycles. The van der Waals surface area contributed by atoms with Crippen molar-refractivity contribution in [3.8, 4) is 0 Å². The van der Waals surface area contributed by atoms with Crippen LogP contribution >= 0.6 is 7.82 Å². The van der Waals surface area contributed by atoms with Crippen molar-refractivity contribution < 1.29 is 23.0 Å². The van der Waals surface area contributed by atoms with Gasteiger partial charge in [-0.15, -0.1) is 0 Å². The first-order valence-corrected chi connectivity index (χ1v) is 16.4. The van der Waals surface area contributed by atoms with Crippen LogP contribution in [0, 0.1) is 5.41 Å². The van der Waals surface area contributed by atoms with Gasteiger partial charge < -0.3 is 9.38 Å². The van der Waals surface area contributed by atoms with Gasteiger partial charge in [-0.2, -0.15) is 0 Å². The minimum atomic E-state index is -3.90. The molecule has 1 N–H and O–H groups in total. The van der Waals surface area contributed by atoms with E-state index in [1.54, 1.807) is 0 Å². The van der Waals surface area contributed by atoms with E-state index >= 15 is 0 Å². The largest absolute Gasteiger partial charge is 0.472 e. The van der Waals surface area contributed by atoms with Crippen molar-refractivity contribution in [2.24, 2.45) is 5.41 Å². The fourth-order valence-corrected chi connectivity index (χ4v) is 5.20. The number of nitrogens with zero attached hydrogens (tertiary/aromatic N) is 1. The van der Waals surface area contributed by atoms with Crippen molar-refractivity contribution >= 4 is 7.82 Å². The standard InChI is InChI=1S/C29H62NO4P/c1-7-8-9-10-11-12-13-14-15-16-17-18-21-24-29(2,3)25-22-19-20-23-27-33-35(31,32)34-28-26-30(4,5)6/h7-28H2,1-6H3/p+1. The monoisotopic (exact) mass is 520 g/mol. The molecule has 35 heavy (non-hydrogen) atoms. The first kappa shape index (κ1) is 35.1. The summed E-state index contributed by atoms with van der Waals surface area (Å²) in [7, 11) is 2.16. The summed E-state index contributed by atoms with van der Waals surface area (Å²) in [4.78, 5) is 9.74. The minimum absolute atomic E-state index is 0.228. The Hall–Kier alpha value is 0.0700. The number of unbranched alkanes of at least 4 members (excludes halogenated alkanes) is 15. The van der Waals surface area contributed by atoms with Crippen LogP contribution in [0.1, 0.15) is 143 Å². The Bertz CT molecular complexity index is 519. The molecule has 0 aromatic carbocycles. The predicted octanol–water partition coefficient (Wildman–Crippen LogP) is 9.28. The van der Waals surface area contributed by atoms with Gasteiger partial charge in [-0.3, -0.25) is 9.05 Å². The van der Waals surface area contributed by atoms with E-state index in [2.05, 4.69) is 20.8 Å². The Morgan fingerprint density at radius 2 is 1.00 bits per heavy atom. The lowest BCUT2D eigenvalue weighted by Gasteiger charge is -2.24. The number of hydrogen-bond acceptors (Lipinski definition) is 3. The molecule has 212 valence electrons. The first-order chi connectivity index (χ1) is 16.5. The topological polar surface area (TPSA) is 55.8 Å². The Morgan fingerprint density at radius 3 is 1.43 bits per heavy atom. The zero-order chi connectivity index (χ0) is 26.5. The van der Waals surface area contributed by atoms with Gasteiger partial charge in [0.05, 0.1) is 27.7 Å². The van der Waals surface area contributed by atoms with Crippen LogP contribution in [0.4, 0.5) is 0 Å². The Labute approximate surface area is 219 Å². The van der Waals surface area contributed by atoms with E-state index in [1.807, 2.05) is 21.1 Å². The summed E-state index contributed by atoms with van der Waals surface area (Å²) < 4.78 is 22.7. The maximum Gasteiger partial charge on any atom is 0.472 e. The van der Waals surface area contributed by atoms with Crippen molar-refractivity contribution in [2.75, 3.05) is 40.9 Å². The first-order valence-electron chi connectivity index (χ1n) is 14.9. The van der Waals surface area contributed by atoms with Crippen LogP contribution < -0.4 is 0 Å². The molecule has 6 heteroatoms. The summed E-state index contributed by atoms with van der Waals surface area (Å²) >= 11 is 0. The third-order valence-corrected chi connectivity index (χ3v) is 7.99. The van der Waals surface area contributed by atoms with Gasteiger partial charge in [0.2, 0.25) is 0 Å². The van der Waals surface area contributed by atoms with Crippen LogP contribution in [0.2, 0.25) is 0 Å². The van der Waals surface area contributed by atoms with Crippen molar-refractivity contribution in [3.63, 3.8) is 0 Å². The quantitative estimate of drug-likeness (QED) is 0.0701. The molecule has 1 unspecified atom stereocenters. The smallest absolute Gasteiger partial charge is 0.329 e. The van der Waals surface area contributed by atoms with E-state index in [0.29, 0.717) is 23.0 Å². The van der Waals surface area contributed by atoms with Gasteiger partial charge in [0, 0.05) is 0 Å². The molecule has 0 radical (unpaired) electrons. The second-order valence-electron chi connectivity index (χ2n) is 12.5. The summed E-state index contributed by atoms with van der Waals surface area (Å²) in [6.45, 7) is 8.29. The summed E-state index contributed by atoms with van der Waals surface area (Å²) in [5, 5.41) is 0. The van der Waals surface area contributed by atoms with Crippen molar-refractivity contribution in [3.05, 3.63) is 0 Å². The molecule has 0 aromatic rings. The summed E-state index contributed by atoms with van der Waals surface area (Å²) in [5.41, 5.74) is 0.425. The number of quaternary nitrogens is 1. The molecule has 0 amide bonds. The fraction of sp³-hybridized carbons (Fsp3) is 1.00. The predicted molar refractivity (Wildman–Crippen MR) is 152 cm³/mol. The average Bonchev–Trinajstić information content (AvgIpc) is 2.75. The molecule has 0 rings (SSSR count). The number of phosphoric acid groups is 1. The van der Waals surface area contributed by atoms with Crippen molar-refractivity contribution in [2.45, 2.75) is 143 Å². The second-order valence-corrected chi connectivity index (χ2v) is 13.9. The zero-order valence-corrected chi connectivity index (χ0v) is 25.5. The number of phosphoric ester groups is 1. The molecule has 0 aliphatic rings. The van der Waals surface area contributed by atoms with Crippen molar-refractivity contribution in [1.29, 1.82) is 0 Å². The van der Waals surface area contributed by atoms with Gasteiger partial charge in [-0.05, 0) is 24.7 Å². The van der Waals surface area contributed by atoms with Crippen LogP contribution in [0.3, 0.4) is 0 Å². The fourth-order valence-electron chi connectivity index (χ4n) is 4.45. The molecule has 5 nitrogen and oxygen atoms in total. The molecule has 0 aliphatic heterocycles. The highest BCUT2D eigenvalue weighted by Gasteiger charge is 2.22. The van der Waals surface area contributed by atoms with Gasteiger partial charge in [0.1, 0.15) is 13.2 Å². The SMILES string of the molecule is CCCCCCCCCCCCCCCC(C)(C)CCCCCCOP(=O)(O)OCC[N+](C)(C)C. The molecular weight excluding hydrogens is 457 g/mol. The average molecular weight is 521 g/mol. The summed E-state index contributed by atoms with van der Waals surface area (Å²) in [6.07, 6.45) is 25.2. The molecule has 0 spiro atoms. The Balaban J connectivity index is 3.53. The van der Waals surface area contributed by atoms with Crippen molar-refractivity contribution in [1.82, 2.24) is 0 Å². The highest BCUT2D eigenvalue weighted by atomic mass is 31.2. The van der Waals surface area contributed by atoms with E-state index in [4.69, 9.17) is 9.05 Å². The van der Waals surface area contributed by atoms with E-state index < -0.39 is 7.82 Å². The Kier molecular flexibility index (Phi) is 21.1. The van der Waals surface area contributed by atoms with Crippen LogP contribution in [0.25, 0.3) is 0 Å². The molecule has 1 atom stereocenters.